The van der Waals surface area contributed by atoms with Crippen molar-refractivity contribution in [3.8, 4) is 11.3 Å². The molecule has 0 saturated carbocycles. The third kappa shape index (κ3) is 6.23. The van der Waals surface area contributed by atoms with Gasteiger partial charge in [0.2, 0.25) is 0 Å². The lowest BCUT2D eigenvalue weighted by Gasteiger charge is -2.41. The minimum Gasteiger partial charge on any atom is -0.481 e. The third-order valence-corrected chi connectivity index (χ3v) is 7.49. The summed E-state index contributed by atoms with van der Waals surface area (Å²) in [7, 11) is 0. The van der Waals surface area contributed by atoms with Crippen LogP contribution in [0.5, 0.6) is 0 Å². The van der Waals surface area contributed by atoms with Crippen molar-refractivity contribution in [2.75, 3.05) is 24.5 Å². The summed E-state index contributed by atoms with van der Waals surface area (Å²) in [6.45, 7) is 3.86. The summed E-state index contributed by atoms with van der Waals surface area (Å²) in [4.78, 5) is 38.4. The molecule has 1 atom stereocenters. The number of carboxylic acids is 1. The van der Waals surface area contributed by atoms with Crippen molar-refractivity contribution in [3.05, 3.63) is 88.8 Å². The van der Waals surface area contributed by atoms with Gasteiger partial charge in [0.25, 0.3) is 5.91 Å². The van der Waals surface area contributed by atoms with Crippen molar-refractivity contribution in [1.29, 1.82) is 0 Å². The van der Waals surface area contributed by atoms with E-state index in [0.717, 1.165) is 22.6 Å². The second-order valence-electron chi connectivity index (χ2n) is 10.1. The summed E-state index contributed by atoms with van der Waals surface area (Å²) < 4.78 is 13.3. The second kappa shape index (κ2) is 12.0. The quantitative estimate of drug-likeness (QED) is 0.257. The number of benzene rings is 3. The van der Waals surface area contributed by atoms with Crippen LogP contribution in [0.25, 0.3) is 22.3 Å². The van der Waals surface area contributed by atoms with Crippen LogP contribution in [-0.4, -0.2) is 57.5 Å². The summed E-state index contributed by atoms with van der Waals surface area (Å²) in [5.41, 5.74) is 5.13. The number of carbonyl (C=O) groups excluding carboxylic acids is 1. The Morgan fingerprint density at radius 1 is 0.975 bits per heavy atom. The summed E-state index contributed by atoms with van der Waals surface area (Å²) in [5, 5.41) is 9.63. The first kappa shape index (κ1) is 27.5. The number of aliphatic carboxylic acids is 1. The molecule has 1 aliphatic heterocycles. The molecule has 1 saturated heterocycles. The van der Waals surface area contributed by atoms with E-state index in [1.807, 2.05) is 30.0 Å². The molecule has 7 nitrogen and oxygen atoms in total. The van der Waals surface area contributed by atoms with Gasteiger partial charge < -0.3 is 14.9 Å². The van der Waals surface area contributed by atoms with Gasteiger partial charge in [-0.25, -0.2) is 14.4 Å². The molecular formula is C31H30ClFN4O3. The Morgan fingerprint density at radius 3 is 2.42 bits per heavy atom. The summed E-state index contributed by atoms with van der Waals surface area (Å²) >= 11 is 6.09. The van der Waals surface area contributed by atoms with Crippen molar-refractivity contribution >= 4 is 40.2 Å². The molecule has 0 bridgehead atoms. The van der Waals surface area contributed by atoms with Gasteiger partial charge in [0.1, 0.15) is 5.82 Å². The lowest BCUT2D eigenvalue weighted by Crippen LogP contribution is -2.54. The molecule has 2 heterocycles. The van der Waals surface area contributed by atoms with Crippen LogP contribution in [0.2, 0.25) is 5.02 Å². The largest absolute Gasteiger partial charge is 0.481 e. The number of carboxylic acid groups (broad SMARTS) is 1. The molecule has 4 aromatic rings. The Morgan fingerprint density at radius 2 is 1.73 bits per heavy atom. The molecule has 0 aliphatic carbocycles. The fourth-order valence-corrected chi connectivity index (χ4v) is 5.24. The Hall–Kier alpha value is -4.04. The number of amides is 1. The molecule has 0 unspecified atom stereocenters. The third-order valence-electron chi connectivity index (χ3n) is 7.24. The maximum atomic E-state index is 13.6. The van der Waals surface area contributed by atoms with Gasteiger partial charge in [-0.15, -0.1) is 0 Å². The predicted molar refractivity (Wildman–Crippen MR) is 154 cm³/mol. The first-order valence-corrected chi connectivity index (χ1v) is 13.8. The van der Waals surface area contributed by atoms with Gasteiger partial charge in [-0.05, 0) is 80.8 Å². The number of rotatable bonds is 8. The molecule has 206 valence electrons. The smallest absolute Gasteiger partial charge is 0.303 e. The number of fused-ring (bicyclic) bond motifs is 1. The molecule has 1 amide bonds. The SMILES string of the molecule is C[C@H]1CN(c2ccc(F)cc2)CCN1C(=O)c1ccc2nc(-c3ccc(Cl)cc3)c(CCCCC(=O)O)nc2c1. The van der Waals surface area contributed by atoms with E-state index >= 15 is 0 Å². The molecule has 1 aliphatic rings. The summed E-state index contributed by atoms with van der Waals surface area (Å²) in [6.07, 6.45) is 1.86. The van der Waals surface area contributed by atoms with E-state index in [-0.39, 0.29) is 24.2 Å². The van der Waals surface area contributed by atoms with Crippen molar-refractivity contribution in [2.45, 2.75) is 38.6 Å². The fourth-order valence-electron chi connectivity index (χ4n) is 5.12. The maximum Gasteiger partial charge on any atom is 0.303 e. The number of hydrogen-bond donors (Lipinski definition) is 1. The van der Waals surface area contributed by atoms with E-state index in [0.29, 0.717) is 60.5 Å². The van der Waals surface area contributed by atoms with Gasteiger partial charge in [0, 0.05) is 53.9 Å². The number of unbranched alkanes of at least 4 members (excludes halogenated alkanes) is 1. The van der Waals surface area contributed by atoms with Crippen LogP contribution in [0.3, 0.4) is 0 Å². The van der Waals surface area contributed by atoms with E-state index in [4.69, 9.17) is 26.7 Å². The highest BCUT2D eigenvalue weighted by Crippen LogP contribution is 2.28. The monoisotopic (exact) mass is 560 g/mol. The Bertz CT molecular complexity index is 1530. The highest BCUT2D eigenvalue weighted by Gasteiger charge is 2.28. The lowest BCUT2D eigenvalue weighted by atomic mass is 10.0. The van der Waals surface area contributed by atoms with E-state index in [2.05, 4.69) is 4.90 Å². The number of aryl methyl sites for hydroxylation is 1. The van der Waals surface area contributed by atoms with E-state index < -0.39 is 5.97 Å². The average Bonchev–Trinajstić information content (AvgIpc) is 2.95. The molecule has 5 rings (SSSR count). The average molecular weight is 561 g/mol. The van der Waals surface area contributed by atoms with Gasteiger partial charge in [0.15, 0.2) is 0 Å². The van der Waals surface area contributed by atoms with Crippen LogP contribution in [0.4, 0.5) is 10.1 Å². The van der Waals surface area contributed by atoms with E-state index in [9.17, 15) is 14.0 Å². The first-order chi connectivity index (χ1) is 19.3. The molecular weight excluding hydrogens is 531 g/mol. The second-order valence-corrected chi connectivity index (χ2v) is 10.5. The zero-order chi connectivity index (χ0) is 28.2. The highest BCUT2D eigenvalue weighted by atomic mass is 35.5. The summed E-state index contributed by atoms with van der Waals surface area (Å²) in [6, 6.07) is 19.2. The predicted octanol–water partition coefficient (Wildman–Crippen LogP) is 6.24. The van der Waals surface area contributed by atoms with Crippen LogP contribution in [-0.2, 0) is 11.2 Å². The van der Waals surface area contributed by atoms with Crippen LogP contribution >= 0.6 is 11.6 Å². The van der Waals surface area contributed by atoms with Crippen LogP contribution in [0, 0.1) is 5.82 Å². The topological polar surface area (TPSA) is 86.6 Å². The molecule has 1 N–H and O–H groups in total. The first-order valence-electron chi connectivity index (χ1n) is 13.4. The minimum absolute atomic E-state index is 0.0369. The number of hydrogen-bond acceptors (Lipinski definition) is 5. The van der Waals surface area contributed by atoms with Crippen LogP contribution in [0.1, 0.15) is 42.2 Å². The number of piperazine rings is 1. The maximum absolute atomic E-state index is 13.6. The molecule has 9 heteroatoms. The zero-order valence-electron chi connectivity index (χ0n) is 22.2. The van der Waals surface area contributed by atoms with Gasteiger partial charge in [-0.3, -0.25) is 9.59 Å². The van der Waals surface area contributed by atoms with Crippen LogP contribution in [0.15, 0.2) is 66.7 Å². The standard InChI is InChI=1S/C31H30ClFN4O3/c1-20-19-36(25-13-11-24(33)12-14-25)16-17-37(20)31(40)22-8-15-26-28(18-22)34-27(4-2-3-5-29(38)39)30(35-26)21-6-9-23(32)10-7-21/h6-15,18,20H,2-5,16-17,19H2,1H3,(H,38,39)/t20-/m0/s1. The van der Waals surface area contributed by atoms with Crippen molar-refractivity contribution in [2.24, 2.45) is 0 Å². The minimum atomic E-state index is -0.821. The molecule has 0 spiro atoms. The van der Waals surface area contributed by atoms with Gasteiger partial charge >= 0.3 is 5.97 Å². The normalized spacial score (nSPS) is 15.4. The van der Waals surface area contributed by atoms with E-state index in [1.54, 1.807) is 36.4 Å². The van der Waals surface area contributed by atoms with Crippen molar-refractivity contribution < 1.29 is 19.1 Å². The fraction of sp³-hybridized carbons (Fsp3) is 0.290. The van der Waals surface area contributed by atoms with E-state index in [1.165, 1.54) is 12.1 Å². The Kier molecular flexibility index (Phi) is 8.26. The molecule has 0 radical (unpaired) electrons. The number of halogens is 2. The van der Waals surface area contributed by atoms with Crippen LogP contribution < -0.4 is 4.90 Å². The van der Waals surface area contributed by atoms with Gasteiger partial charge in [0.05, 0.1) is 22.4 Å². The number of carbonyl (C=O) groups is 2. The number of nitrogens with zero attached hydrogens (tertiary/aromatic N) is 4. The zero-order valence-corrected chi connectivity index (χ0v) is 22.9. The Labute approximate surface area is 237 Å². The highest BCUT2D eigenvalue weighted by molar-refractivity contribution is 6.30. The number of anilines is 1. The number of aromatic nitrogens is 2. The molecule has 1 aromatic heterocycles. The summed E-state index contributed by atoms with van der Waals surface area (Å²) in [5.74, 6) is -1.16. The van der Waals surface area contributed by atoms with Gasteiger partial charge in [-0.1, -0.05) is 23.7 Å². The molecule has 1 fully saturated rings. The molecule has 40 heavy (non-hydrogen) atoms. The molecule has 3 aromatic carbocycles. The Balaban J connectivity index is 1.39. The lowest BCUT2D eigenvalue weighted by molar-refractivity contribution is -0.137. The van der Waals surface area contributed by atoms with Crippen molar-refractivity contribution in [3.63, 3.8) is 0 Å². The van der Waals surface area contributed by atoms with Crippen molar-refractivity contribution in [1.82, 2.24) is 14.9 Å². The van der Waals surface area contributed by atoms with Gasteiger partial charge in [-0.2, -0.15) is 0 Å².